The molecule has 0 aliphatic rings. The quantitative estimate of drug-likeness (QED) is 0.497. The van der Waals surface area contributed by atoms with Gasteiger partial charge in [-0.15, -0.1) is 11.3 Å². The van der Waals surface area contributed by atoms with Crippen molar-refractivity contribution in [3.8, 4) is 21.6 Å². The molecule has 0 radical (unpaired) electrons. The van der Waals surface area contributed by atoms with Crippen LogP contribution in [0.15, 0.2) is 60.0 Å². The summed E-state index contributed by atoms with van der Waals surface area (Å²) in [6.45, 7) is 0. The van der Waals surface area contributed by atoms with Crippen molar-refractivity contribution < 1.29 is 9.31 Å². The van der Waals surface area contributed by atoms with Crippen LogP contribution in [0.25, 0.3) is 21.6 Å². The summed E-state index contributed by atoms with van der Waals surface area (Å²) < 4.78 is 13.0. The molecule has 0 fully saturated rings. The maximum absolute atomic E-state index is 13.0. The van der Waals surface area contributed by atoms with Gasteiger partial charge in [0.2, 0.25) is 0 Å². The number of hydrogen-bond acceptors (Lipinski definition) is 3. The van der Waals surface area contributed by atoms with Crippen LogP contribution in [0.3, 0.4) is 0 Å². The molecule has 21 heavy (non-hydrogen) atoms. The Morgan fingerprint density at radius 1 is 0.905 bits per heavy atom. The molecule has 1 aromatic heterocycles. The monoisotopic (exact) mass is 299 g/mol. The minimum atomic E-state index is -0.418. The van der Waals surface area contributed by atoms with Crippen molar-refractivity contribution in [1.29, 1.82) is 0 Å². The van der Waals surface area contributed by atoms with E-state index in [0.29, 0.717) is 0 Å². The third kappa shape index (κ3) is 2.68. The molecule has 0 saturated heterocycles. The van der Waals surface area contributed by atoms with Crippen LogP contribution in [0.5, 0.6) is 0 Å². The second-order valence-electron chi connectivity index (χ2n) is 4.47. The number of nitrogens with zero attached hydrogens (tertiary/aromatic N) is 1. The lowest BCUT2D eigenvalue weighted by Crippen LogP contribution is -1.87. The smallest absolute Gasteiger partial charge is 0.258 e. The molecule has 0 unspecified atom stereocenters. The Labute approximate surface area is 124 Å². The number of hydrogen-bond donors (Lipinski definition) is 0. The molecular weight excluding hydrogens is 289 g/mol. The van der Waals surface area contributed by atoms with Crippen LogP contribution in [0.4, 0.5) is 10.1 Å². The van der Waals surface area contributed by atoms with Gasteiger partial charge in [-0.05, 0) is 46.8 Å². The number of thiophene rings is 1. The number of rotatable bonds is 3. The molecule has 3 aromatic rings. The molecule has 0 bridgehead atoms. The molecular formula is C16H10FNO2S. The van der Waals surface area contributed by atoms with Crippen molar-refractivity contribution in [2.45, 2.75) is 0 Å². The molecule has 0 aliphatic heterocycles. The van der Waals surface area contributed by atoms with Gasteiger partial charge in [0.1, 0.15) is 5.82 Å². The van der Waals surface area contributed by atoms with Crippen LogP contribution < -0.4 is 0 Å². The van der Waals surface area contributed by atoms with Gasteiger partial charge in [0.15, 0.2) is 0 Å². The molecule has 5 heteroatoms. The van der Waals surface area contributed by atoms with E-state index in [4.69, 9.17) is 0 Å². The Balaban J connectivity index is 2.02. The Hall–Kier alpha value is -2.53. The topological polar surface area (TPSA) is 43.1 Å². The number of nitro groups is 1. The van der Waals surface area contributed by atoms with Gasteiger partial charge in [0.25, 0.3) is 5.69 Å². The Kier molecular flexibility index (Phi) is 3.50. The maximum atomic E-state index is 13.0. The van der Waals surface area contributed by atoms with E-state index in [9.17, 15) is 14.5 Å². The highest BCUT2D eigenvalue weighted by molar-refractivity contribution is 7.14. The fourth-order valence-electron chi connectivity index (χ4n) is 2.12. The molecule has 2 aromatic carbocycles. The summed E-state index contributed by atoms with van der Waals surface area (Å²) in [5.41, 5.74) is 2.89. The first-order chi connectivity index (χ1) is 10.1. The standard InChI is InChI=1S/C16H10FNO2S/c17-13-5-1-12(2-6-13)16-15(9-10-21-16)11-3-7-14(8-4-11)18(19)20/h1-10H. The van der Waals surface area contributed by atoms with Gasteiger partial charge < -0.3 is 0 Å². The molecule has 3 nitrogen and oxygen atoms in total. The van der Waals surface area contributed by atoms with E-state index in [-0.39, 0.29) is 11.5 Å². The van der Waals surface area contributed by atoms with Crippen LogP contribution in [0, 0.1) is 15.9 Å². The average Bonchev–Trinajstić information content (AvgIpc) is 2.97. The summed E-state index contributed by atoms with van der Waals surface area (Å²) in [5.74, 6) is -0.271. The van der Waals surface area contributed by atoms with Crippen LogP contribution in [0.1, 0.15) is 0 Å². The summed E-state index contributed by atoms with van der Waals surface area (Å²) in [6, 6.07) is 14.7. The van der Waals surface area contributed by atoms with E-state index in [2.05, 4.69) is 0 Å². The van der Waals surface area contributed by atoms with Gasteiger partial charge in [-0.3, -0.25) is 10.1 Å². The van der Waals surface area contributed by atoms with E-state index in [0.717, 1.165) is 21.6 Å². The largest absolute Gasteiger partial charge is 0.269 e. The van der Waals surface area contributed by atoms with Crippen LogP contribution in [-0.2, 0) is 0 Å². The van der Waals surface area contributed by atoms with Gasteiger partial charge in [-0.2, -0.15) is 0 Å². The van der Waals surface area contributed by atoms with E-state index in [1.807, 2.05) is 11.4 Å². The highest BCUT2D eigenvalue weighted by Gasteiger charge is 2.11. The van der Waals surface area contributed by atoms with Gasteiger partial charge >= 0.3 is 0 Å². The molecule has 3 rings (SSSR count). The highest BCUT2D eigenvalue weighted by atomic mass is 32.1. The Morgan fingerprint density at radius 2 is 1.52 bits per heavy atom. The van der Waals surface area contributed by atoms with E-state index >= 15 is 0 Å². The van der Waals surface area contributed by atoms with E-state index < -0.39 is 4.92 Å². The van der Waals surface area contributed by atoms with Crippen molar-refractivity contribution in [1.82, 2.24) is 0 Å². The van der Waals surface area contributed by atoms with Crippen LogP contribution >= 0.6 is 11.3 Å². The summed E-state index contributed by atoms with van der Waals surface area (Å²) in [4.78, 5) is 11.3. The molecule has 104 valence electrons. The second-order valence-corrected chi connectivity index (χ2v) is 5.39. The second kappa shape index (κ2) is 5.46. The van der Waals surface area contributed by atoms with Crippen LogP contribution in [0.2, 0.25) is 0 Å². The van der Waals surface area contributed by atoms with E-state index in [1.165, 1.54) is 24.3 Å². The predicted octanol–water partition coefficient (Wildman–Crippen LogP) is 5.13. The molecule has 1 heterocycles. The first-order valence-electron chi connectivity index (χ1n) is 6.23. The van der Waals surface area contributed by atoms with Gasteiger partial charge in [-0.1, -0.05) is 12.1 Å². The van der Waals surface area contributed by atoms with Gasteiger partial charge in [0, 0.05) is 22.6 Å². The lowest BCUT2D eigenvalue weighted by atomic mass is 10.0. The molecule has 0 amide bonds. The van der Waals surface area contributed by atoms with Crippen LogP contribution in [-0.4, -0.2) is 4.92 Å². The first-order valence-corrected chi connectivity index (χ1v) is 7.11. The van der Waals surface area contributed by atoms with E-state index in [1.54, 1.807) is 35.6 Å². The Morgan fingerprint density at radius 3 is 2.14 bits per heavy atom. The third-order valence-electron chi connectivity index (χ3n) is 3.16. The molecule has 0 N–H and O–H groups in total. The summed E-state index contributed by atoms with van der Waals surface area (Å²) >= 11 is 1.56. The molecule has 0 spiro atoms. The van der Waals surface area contributed by atoms with Crippen molar-refractivity contribution in [2.24, 2.45) is 0 Å². The fraction of sp³-hybridized carbons (Fsp3) is 0. The lowest BCUT2D eigenvalue weighted by molar-refractivity contribution is -0.384. The highest BCUT2D eigenvalue weighted by Crippen LogP contribution is 2.37. The predicted molar refractivity (Wildman–Crippen MR) is 81.8 cm³/mol. The third-order valence-corrected chi connectivity index (χ3v) is 4.12. The van der Waals surface area contributed by atoms with Gasteiger partial charge in [0.05, 0.1) is 4.92 Å². The summed E-state index contributed by atoms with van der Waals surface area (Å²) in [5, 5.41) is 12.6. The summed E-state index contributed by atoms with van der Waals surface area (Å²) in [7, 11) is 0. The average molecular weight is 299 g/mol. The zero-order valence-electron chi connectivity index (χ0n) is 10.8. The summed E-state index contributed by atoms with van der Waals surface area (Å²) in [6.07, 6.45) is 0. The van der Waals surface area contributed by atoms with Gasteiger partial charge in [-0.25, -0.2) is 4.39 Å². The lowest BCUT2D eigenvalue weighted by Gasteiger charge is -2.04. The molecule has 0 atom stereocenters. The van der Waals surface area contributed by atoms with Crippen molar-refractivity contribution in [3.05, 3.63) is 75.9 Å². The maximum Gasteiger partial charge on any atom is 0.269 e. The number of nitro benzene ring substituents is 1. The number of benzene rings is 2. The molecule has 0 saturated carbocycles. The SMILES string of the molecule is O=[N+]([O-])c1ccc(-c2ccsc2-c2ccc(F)cc2)cc1. The fourth-order valence-corrected chi connectivity index (χ4v) is 3.05. The van der Waals surface area contributed by atoms with Crippen molar-refractivity contribution in [3.63, 3.8) is 0 Å². The normalized spacial score (nSPS) is 10.5. The number of halogens is 1. The first kappa shape index (κ1) is 13.5. The minimum Gasteiger partial charge on any atom is -0.258 e. The zero-order chi connectivity index (χ0) is 14.8. The minimum absolute atomic E-state index is 0.0670. The Bertz CT molecular complexity index is 779. The van der Waals surface area contributed by atoms with Crippen molar-refractivity contribution in [2.75, 3.05) is 0 Å². The number of non-ortho nitro benzene ring substituents is 1. The molecule has 0 aliphatic carbocycles. The zero-order valence-corrected chi connectivity index (χ0v) is 11.6. The van der Waals surface area contributed by atoms with Crippen molar-refractivity contribution >= 4 is 17.0 Å².